The summed E-state index contributed by atoms with van der Waals surface area (Å²) in [5.74, 6) is 1.20. The number of hydrogen-bond donors (Lipinski definition) is 1. The van der Waals surface area contributed by atoms with E-state index in [1.54, 1.807) is 0 Å². The quantitative estimate of drug-likeness (QED) is 0.367. The van der Waals surface area contributed by atoms with Gasteiger partial charge >= 0.3 is 0 Å². The van der Waals surface area contributed by atoms with Crippen LogP contribution in [0.2, 0.25) is 0 Å². The fraction of sp³-hybridized carbons (Fsp3) is 0.414. The summed E-state index contributed by atoms with van der Waals surface area (Å²) >= 11 is 0. The third kappa shape index (κ3) is 9.17. The number of nitrogens with zero attached hydrogens (tertiary/aromatic N) is 1. The number of ether oxygens (including phenoxy) is 1. The van der Waals surface area contributed by atoms with E-state index < -0.39 is 0 Å². The van der Waals surface area contributed by atoms with Gasteiger partial charge in [0.1, 0.15) is 12.4 Å². The highest BCUT2D eigenvalue weighted by Gasteiger charge is 2.12. The molecule has 0 aliphatic rings. The first-order valence-corrected chi connectivity index (χ1v) is 11.8. The molecule has 2 aromatic rings. The highest BCUT2D eigenvalue weighted by Crippen LogP contribution is 2.25. The van der Waals surface area contributed by atoms with Crippen LogP contribution in [0.15, 0.2) is 65.8 Å². The Kier molecular flexibility index (Phi) is 10.2. The number of benzene rings is 2. The molecule has 2 aromatic carbocycles. The Balaban J connectivity index is 2.07. The normalized spacial score (nSPS) is 11.3. The van der Waals surface area contributed by atoms with Crippen LogP contribution >= 0.6 is 0 Å². The number of rotatable bonds is 11. The summed E-state index contributed by atoms with van der Waals surface area (Å²) < 4.78 is 6.10. The SMILES string of the molecule is CC(C)=CCCC(C)=CCOc1ccc(C(=O)Nc2ccc(N(C)C)cc2)cc1CC(C)C. The second kappa shape index (κ2) is 12.9. The standard InChI is InChI=1S/C29H40N2O2/c1-21(2)9-8-10-23(5)17-18-33-28-16-11-24(20-25(28)19-22(3)4)29(32)30-26-12-14-27(15-13-26)31(6)7/h9,11-17,20,22H,8,10,18-19H2,1-7H3,(H,30,32). The highest BCUT2D eigenvalue weighted by molar-refractivity contribution is 6.04. The molecule has 0 radical (unpaired) electrons. The maximum Gasteiger partial charge on any atom is 0.255 e. The fourth-order valence-corrected chi connectivity index (χ4v) is 3.47. The molecule has 0 aliphatic heterocycles. The van der Waals surface area contributed by atoms with Crippen molar-refractivity contribution in [1.29, 1.82) is 0 Å². The van der Waals surface area contributed by atoms with E-state index in [2.05, 4.69) is 52.1 Å². The molecule has 4 nitrogen and oxygen atoms in total. The predicted octanol–water partition coefficient (Wildman–Crippen LogP) is 7.27. The Morgan fingerprint density at radius 3 is 2.33 bits per heavy atom. The minimum absolute atomic E-state index is 0.112. The van der Waals surface area contributed by atoms with Gasteiger partial charge in [-0.1, -0.05) is 31.1 Å². The van der Waals surface area contributed by atoms with Crippen molar-refractivity contribution < 1.29 is 9.53 Å². The van der Waals surface area contributed by atoms with Crippen LogP contribution in [0.4, 0.5) is 11.4 Å². The number of nitrogens with one attached hydrogen (secondary N) is 1. The fourth-order valence-electron chi connectivity index (χ4n) is 3.47. The van der Waals surface area contributed by atoms with E-state index >= 15 is 0 Å². The van der Waals surface area contributed by atoms with E-state index in [0.717, 1.165) is 42.0 Å². The van der Waals surface area contributed by atoms with Crippen molar-refractivity contribution in [2.45, 2.75) is 53.9 Å². The van der Waals surface area contributed by atoms with E-state index in [1.165, 1.54) is 11.1 Å². The van der Waals surface area contributed by atoms with Gasteiger partial charge in [0.15, 0.2) is 0 Å². The molecule has 0 aliphatic carbocycles. The van der Waals surface area contributed by atoms with Crippen molar-refractivity contribution in [2.24, 2.45) is 5.92 Å². The minimum Gasteiger partial charge on any atom is -0.489 e. The summed E-state index contributed by atoms with van der Waals surface area (Å²) in [5.41, 5.74) is 6.26. The van der Waals surface area contributed by atoms with Gasteiger partial charge in [-0.05, 0) is 100 Å². The lowest BCUT2D eigenvalue weighted by molar-refractivity contribution is 0.102. The average molecular weight is 449 g/mol. The van der Waals surface area contributed by atoms with Crippen LogP contribution in [-0.4, -0.2) is 26.6 Å². The molecule has 0 aromatic heterocycles. The number of carbonyl (C=O) groups excluding carboxylic acids is 1. The van der Waals surface area contributed by atoms with Gasteiger partial charge in [0, 0.05) is 31.0 Å². The van der Waals surface area contributed by atoms with Crippen LogP contribution in [0, 0.1) is 5.92 Å². The molecule has 1 amide bonds. The lowest BCUT2D eigenvalue weighted by atomic mass is 9.99. The van der Waals surface area contributed by atoms with Crippen LogP contribution in [0.5, 0.6) is 5.75 Å². The third-order valence-corrected chi connectivity index (χ3v) is 5.35. The number of allylic oxidation sites excluding steroid dienone is 3. The second-order valence-electron chi connectivity index (χ2n) is 9.50. The average Bonchev–Trinajstić information content (AvgIpc) is 2.74. The Morgan fingerprint density at radius 2 is 1.73 bits per heavy atom. The third-order valence-electron chi connectivity index (χ3n) is 5.35. The number of amides is 1. The molecule has 0 bridgehead atoms. The summed E-state index contributed by atoms with van der Waals surface area (Å²) in [4.78, 5) is 14.9. The van der Waals surface area contributed by atoms with Crippen LogP contribution in [0.3, 0.4) is 0 Å². The first-order valence-electron chi connectivity index (χ1n) is 11.8. The maximum atomic E-state index is 12.9. The zero-order valence-corrected chi connectivity index (χ0v) is 21.4. The number of hydrogen-bond acceptors (Lipinski definition) is 3. The van der Waals surface area contributed by atoms with Gasteiger partial charge < -0.3 is 15.0 Å². The summed E-state index contributed by atoms with van der Waals surface area (Å²) in [6.07, 6.45) is 7.37. The second-order valence-corrected chi connectivity index (χ2v) is 9.50. The lowest BCUT2D eigenvalue weighted by Crippen LogP contribution is -2.13. The summed E-state index contributed by atoms with van der Waals surface area (Å²) in [5, 5.41) is 3.00. The molecule has 0 fully saturated rings. The Bertz CT molecular complexity index is 966. The summed E-state index contributed by atoms with van der Waals surface area (Å²) in [6, 6.07) is 13.6. The van der Waals surface area contributed by atoms with Gasteiger partial charge in [-0.25, -0.2) is 0 Å². The zero-order chi connectivity index (χ0) is 24.4. The van der Waals surface area contributed by atoms with Crippen LogP contribution in [-0.2, 0) is 6.42 Å². The molecule has 0 saturated heterocycles. The summed E-state index contributed by atoms with van der Waals surface area (Å²) in [6.45, 7) is 11.3. The lowest BCUT2D eigenvalue weighted by Gasteiger charge is -2.15. The Morgan fingerprint density at radius 1 is 1.03 bits per heavy atom. The maximum absolute atomic E-state index is 12.9. The van der Waals surface area contributed by atoms with Gasteiger partial charge in [-0.2, -0.15) is 0 Å². The topological polar surface area (TPSA) is 41.6 Å². The molecule has 0 spiro atoms. The first-order chi connectivity index (χ1) is 15.7. The minimum atomic E-state index is -0.112. The predicted molar refractivity (Wildman–Crippen MR) is 142 cm³/mol. The van der Waals surface area contributed by atoms with Gasteiger partial charge in [-0.3, -0.25) is 4.79 Å². The summed E-state index contributed by atoms with van der Waals surface area (Å²) in [7, 11) is 3.99. The monoisotopic (exact) mass is 448 g/mol. The molecule has 0 unspecified atom stereocenters. The van der Waals surface area contributed by atoms with Crippen LogP contribution in [0.1, 0.15) is 63.4 Å². The molecule has 33 heavy (non-hydrogen) atoms. The van der Waals surface area contributed by atoms with Gasteiger partial charge in [0.05, 0.1) is 0 Å². The molecular weight excluding hydrogens is 408 g/mol. The Hall–Kier alpha value is -3.01. The van der Waals surface area contributed by atoms with Gasteiger partial charge in [-0.15, -0.1) is 0 Å². The molecular formula is C29H40N2O2. The van der Waals surface area contributed by atoms with Crippen molar-refractivity contribution in [1.82, 2.24) is 0 Å². The molecule has 178 valence electrons. The molecule has 2 rings (SSSR count). The molecule has 0 saturated carbocycles. The van der Waals surface area contributed by atoms with Crippen LogP contribution < -0.4 is 15.0 Å². The Labute approximate surface area is 200 Å². The molecule has 1 N–H and O–H groups in total. The van der Waals surface area contributed by atoms with Crippen molar-refractivity contribution >= 4 is 17.3 Å². The van der Waals surface area contributed by atoms with Crippen molar-refractivity contribution in [3.8, 4) is 5.75 Å². The van der Waals surface area contributed by atoms with Crippen LogP contribution in [0.25, 0.3) is 0 Å². The molecule has 0 heterocycles. The van der Waals surface area contributed by atoms with Crippen molar-refractivity contribution in [3.05, 3.63) is 76.9 Å². The smallest absolute Gasteiger partial charge is 0.255 e. The van der Waals surface area contributed by atoms with Crippen molar-refractivity contribution in [3.63, 3.8) is 0 Å². The largest absolute Gasteiger partial charge is 0.489 e. The van der Waals surface area contributed by atoms with Gasteiger partial charge in [0.2, 0.25) is 0 Å². The van der Waals surface area contributed by atoms with E-state index in [-0.39, 0.29) is 5.91 Å². The van der Waals surface area contributed by atoms with Gasteiger partial charge in [0.25, 0.3) is 5.91 Å². The van der Waals surface area contributed by atoms with E-state index in [0.29, 0.717) is 18.1 Å². The van der Waals surface area contributed by atoms with E-state index in [1.807, 2.05) is 61.5 Å². The van der Waals surface area contributed by atoms with E-state index in [9.17, 15) is 4.79 Å². The van der Waals surface area contributed by atoms with E-state index in [4.69, 9.17) is 4.74 Å². The first kappa shape index (κ1) is 26.2. The zero-order valence-electron chi connectivity index (χ0n) is 21.4. The van der Waals surface area contributed by atoms with Crippen molar-refractivity contribution in [2.75, 3.05) is 30.9 Å². The molecule has 4 heteroatoms. The highest BCUT2D eigenvalue weighted by atomic mass is 16.5. The molecule has 0 atom stereocenters. The number of carbonyl (C=O) groups is 1. The number of anilines is 2.